The molecule has 1 aromatic heterocycles. The summed E-state index contributed by atoms with van der Waals surface area (Å²) < 4.78 is 13.1. The topological polar surface area (TPSA) is 34.9 Å². The maximum absolute atomic E-state index is 11.8. The Kier molecular flexibility index (Phi) is 2.59. The highest BCUT2D eigenvalue weighted by molar-refractivity contribution is 6.29. The van der Waals surface area contributed by atoms with Gasteiger partial charge in [-0.2, -0.15) is 0 Å². The molecule has 1 rings (SSSR count). The monoisotopic (exact) mass is 176 g/mol. The van der Waals surface area contributed by atoms with Crippen molar-refractivity contribution in [2.45, 2.75) is 6.54 Å². The number of carbonyl (C=O) groups excluding carboxylic acids is 1. The van der Waals surface area contributed by atoms with Crippen molar-refractivity contribution in [3.05, 3.63) is 17.2 Å². The van der Waals surface area contributed by atoms with Crippen LogP contribution in [0.15, 0.2) is 6.20 Å². The summed E-state index contributed by atoms with van der Waals surface area (Å²) in [5, 5.41) is 0.282. The number of hydrogen-bond acceptors (Lipinski definition) is 2. The quantitative estimate of drug-likeness (QED) is 0.651. The van der Waals surface area contributed by atoms with Crippen molar-refractivity contribution in [2.75, 3.05) is 6.67 Å². The Balaban J connectivity index is 2.97. The average molecular weight is 177 g/mol. The first kappa shape index (κ1) is 8.20. The van der Waals surface area contributed by atoms with Crippen LogP contribution in [0.25, 0.3) is 0 Å². The summed E-state index contributed by atoms with van der Waals surface area (Å²) >= 11 is 5.58. The molecule has 0 bridgehead atoms. The molecule has 0 amide bonds. The molecule has 0 saturated heterocycles. The van der Waals surface area contributed by atoms with E-state index >= 15 is 0 Å². The second kappa shape index (κ2) is 3.48. The Morgan fingerprint density at radius 2 is 2.55 bits per heavy atom. The molecule has 0 unspecified atom stereocenters. The summed E-state index contributed by atoms with van der Waals surface area (Å²) in [5.41, 5.74) is 0. The Bertz CT molecular complexity index is 261. The van der Waals surface area contributed by atoms with Gasteiger partial charge in [-0.3, -0.25) is 4.79 Å². The minimum atomic E-state index is -0.559. The van der Waals surface area contributed by atoms with E-state index < -0.39 is 6.67 Å². The highest BCUT2D eigenvalue weighted by atomic mass is 35.5. The molecule has 3 nitrogen and oxygen atoms in total. The van der Waals surface area contributed by atoms with Crippen molar-refractivity contribution in [1.82, 2.24) is 9.55 Å². The normalized spacial score (nSPS) is 10.0. The van der Waals surface area contributed by atoms with Crippen LogP contribution in [-0.2, 0) is 6.54 Å². The number of alkyl halides is 1. The molecule has 0 aromatic carbocycles. The lowest BCUT2D eigenvalue weighted by atomic mass is 10.6. The van der Waals surface area contributed by atoms with Crippen molar-refractivity contribution in [3.63, 3.8) is 0 Å². The first-order chi connectivity index (χ1) is 5.29. The molecule has 0 radical (unpaired) electrons. The first-order valence-corrected chi connectivity index (χ1v) is 3.39. The van der Waals surface area contributed by atoms with Crippen LogP contribution in [0.5, 0.6) is 0 Å². The molecule has 0 spiro atoms. The minimum Gasteiger partial charge on any atom is -0.310 e. The highest BCUT2D eigenvalue weighted by Gasteiger charge is 2.05. The molecule has 0 aliphatic heterocycles. The number of aldehydes is 1. The van der Waals surface area contributed by atoms with Gasteiger partial charge in [-0.25, -0.2) is 9.37 Å². The lowest BCUT2D eigenvalue weighted by Crippen LogP contribution is -2.04. The number of nitrogens with zero attached hydrogens (tertiary/aromatic N) is 2. The molecule has 5 heteroatoms. The lowest BCUT2D eigenvalue weighted by Gasteiger charge is -1.99. The first-order valence-electron chi connectivity index (χ1n) is 3.01. The number of rotatable bonds is 3. The third kappa shape index (κ3) is 1.57. The molecule has 11 heavy (non-hydrogen) atoms. The van der Waals surface area contributed by atoms with Crippen LogP contribution >= 0.6 is 11.6 Å². The van der Waals surface area contributed by atoms with Gasteiger partial charge in [0.05, 0.1) is 12.7 Å². The van der Waals surface area contributed by atoms with Gasteiger partial charge >= 0.3 is 0 Å². The van der Waals surface area contributed by atoms with Gasteiger partial charge in [0.2, 0.25) is 0 Å². The number of carbonyl (C=O) groups is 1. The van der Waals surface area contributed by atoms with Crippen LogP contribution in [0.3, 0.4) is 0 Å². The van der Waals surface area contributed by atoms with E-state index in [4.69, 9.17) is 11.6 Å². The molecule has 0 atom stereocenters. The van der Waals surface area contributed by atoms with Crippen LogP contribution in [-0.4, -0.2) is 22.5 Å². The average Bonchev–Trinajstić information content (AvgIpc) is 2.34. The lowest BCUT2D eigenvalue weighted by molar-refractivity contribution is 0.111. The molecular weight excluding hydrogens is 171 g/mol. The largest absolute Gasteiger partial charge is 0.310 e. The van der Waals surface area contributed by atoms with Crippen molar-refractivity contribution >= 4 is 17.9 Å². The van der Waals surface area contributed by atoms with Gasteiger partial charge < -0.3 is 4.57 Å². The summed E-state index contributed by atoms with van der Waals surface area (Å²) in [6.07, 6.45) is 1.86. The van der Waals surface area contributed by atoms with Crippen LogP contribution in [0.1, 0.15) is 10.6 Å². The molecule has 0 fully saturated rings. The highest BCUT2D eigenvalue weighted by Crippen LogP contribution is 2.09. The Labute approximate surface area is 67.8 Å². The van der Waals surface area contributed by atoms with Crippen molar-refractivity contribution < 1.29 is 9.18 Å². The van der Waals surface area contributed by atoms with Crippen molar-refractivity contribution in [1.29, 1.82) is 0 Å². The zero-order valence-electron chi connectivity index (χ0n) is 5.63. The van der Waals surface area contributed by atoms with Gasteiger partial charge in [0, 0.05) is 0 Å². The number of imidazole rings is 1. The van der Waals surface area contributed by atoms with Gasteiger partial charge in [-0.15, -0.1) is 0 Å². The summed E-state index contributed by atoms with van der Waals surface area (Å²) in [5.74, 6) is 0.160. The molecule has 0 N–H and O–H groups in total. The van der Waals surface area contributed by atoms with Gasteiger partial charge in [0.25, 0.3) is 0 Å². The van der Waals surface area contributed by atoms with E-state index in [9.17, 15) is 9.18 Å². The van der Waals surface area contributed by atoms with Crippen molar-refractivity contribution in [3.8, 4) is 0 Å². The Morgan fingerprint density at radius 3 is 3.09 bits per heavy atom. The van der Waals surface area contributed by atoms with E-state index in [-0.39, 0.29) is 17.5 Å². The fourth-order valence-corrected chi connectivity index (χ4v) is 0.988. The zero-order chi connectivity index (χ0) is 8.27. The number of aromatic nitrogens is 2. The van der Waals surface area contributed by atoms with Gasteiger partial charge in [-0.1, -0.05) is 11.6 Å². The van der Waals surface area contributed by atoms with E-state index in [0.717, 1.165) is 0 Å². The maximum Gasteiger partial charge on any atom is 0.185 e. The van der Waals surface area contributed by atoms with Crippen LogP contribution in [0, 0.1) is 0 Å². The van der Waals surface area contributed by atoms with Gasteiger partial charge in [-0.05, 0) is 0 Å². The summed E-state index contributed by atoms with van der Waals surface area (Å²) in [6, 6.07) is 0. The van der Waals surface area contributed by atoms with E-state index in [0.29, 0.717) is 6.29 Å². The van der Waals surface area contributed by atoms with E-state index in [2.05, 4.69) is 4.98 Å². The van der Waals surface area contributed by atoms with E-state index in [1.165, 1.54) is 10.8 Å². The van der Waals surface area contributed by atoms with E-state index in [1.807, 2.05) is 0 Å². The standard InChI is InChI=1S/C6H6ClFN2O/c7-5-3-9-6(4-11)10(5)2-1-8/h3-4H,1-2H2. The Morgan fingerprint density at radius 1 is 1.82 bits per heavy atom. The van der Waals surface area contributed by atoms with Crippen molar-refractivity contribution in [2.24, 2.45) is 0 Å². The molecule has 0 saturated carbocycles. The Hall–Kier alpha value is -0.900. The molecule has 0 aliphatic carbocycles. The smallest absolute Gasteiger partial charge is 0.185 e. The SMILES string of the molecule is O=Cc1ncc(Cl)n1CCF. The molecule has 0 aliphatic rings. The zero-order valence-corrected chi connectivity index (χ0v) is 6.38. The van der Waals surface area contributed by atoms with Crippen LogP contribution in [0.4, 0.5) is 4.39 Å². The third-order valence-corrected chi connectivity index (χ3v) is 1.55. The molecular formula is C6H6ClFN2O. The summed E-state index contributed by atoms with van der Waals surface area (Å²) in [4.78, 5) is 13.9. The van der Waals surface area contributed by atoms with Crippen LogP contribution < -0.4 is 0 Å². The predicted octanol–water partition coefficient (Wildman–Crippen LogP) is 1.32. The van der Waals surface area contributed by atoms with Gasteiger partial charge in [0.1, 0.15) is 11.8 Å². The third-order valence-electron chi connectivity index (χ3n) is 1.25. The van der Waals surface area contributed by atoms with Gasteiger partial charge in [0.15, 0.2) is 12.1 Å². The molecule has 60 valence electrons. The maximum atomic E-state index is 11.8. The second-order valence-electron chi connectivity index (χ2n) is 1.90. The second-order valence-corrected chi connectivity index (χ2v) is 2.28. The minimum absolute atomic E-state index is 0.0763. The fraction of sp³-hybridized carbons (Fsp3) is 0.333. The summed E-state index contributed by atoms with van der Waals surface area (Å²) in [7, 11) is 0. The summed E-state index contributed by atoms with van der Waals surface area (Å²) in [6.45, 7) is -0.482. The van der Waals surface area contributed by atoms with E-state index in [1.54, 1.807) is 0 Å². The number of hydrogen-bond donors (Lipinski definition) is 0. The van der Waals surface area contributed by atoms with Crippen LogP contribution in [0.2, 0.25) is 5.15 Å². The molecule has 1 heterocycles. The number of halogens is 2. The molecule has 1 aromatic rings. The fourth-order valence-electron chi connectivity index (χ4n) is 0.768. The predicted molar refractivity (Wildman–Crippen MR) is 38.6 cm³/mol.